The summed E-state index contributed by atoms with van der Waals surface area (Å²) in [6.45, 7) is 8.26. The molecule has 0 aliphatic carbocycles. The molecule has 2 atom stereocenters. The maximum atomic E-state index is 13.1. The Morgan fingerprint density at radius 3 is 2.67 bits per heavy atom. The molecule has 0 spiro atoms. The molecule has 7 heteroatoms. The monoisotopic (exact) mass is 468 g/mol. The molecule has 1 aromatic heterocycles. The predicted molar refractivity (Wildman–Crippen MR) is 135 cm³/mol. The van der Waals surface area contributed by atoms with Crippen LogP contribution in [0.4, 0.5) is 10.5 Å². The zero-order chi connectivity index (χ0) is 23.2. The summed E-state index contributed by atoms with van der Waals surface area (Å²) in [5.74, 6) is 0.682. The second-order valence-corrected chi connectivity index (χ2v) is 10.6. The van der Waals surface area contributed by atoms with E-state index in [-0.39, 0.29) is 23.9 Å². The number of nitrogens with zero attached hydrogens (tertiary/aromatic N) is 2. The first-order valence-electron chi connectivity index (χ1n) is 12.2. The molecule has 2 saturated heterocycles. The molecule has 6 nitrogen and oxygen atoms in total. The molecular formula is C26H36N4O2S. The van der Waals surface area contributed by atoms with Gasteiger partial charge in [-0.1, -0.05) is 25.1 Å². The number of hydrogen-bond acceptors (Lipinski definition) is 4. The number of anilines is 1. The molecule has 2 aromatic rings. The van der Waals surface area contributed by atoms with E-state index in [0.717, 1.165) is 43.1 Å². The van der Waals surface area contributed by atoms with Crippen LogP contribution in [0.3, 0.4) is 0 Å². The van der Waals surface area contributed by atoms with Gasteiger partial charge in [0.2, 0.25) is 5.91 Å². The number of hydrogen-bond donors (Lipinski definition) is 2. The number of rotatable bonds is 6. The van der Waals surface area contributed by atoms with Crippen LogP contribution in [0.15, 0.2) is 41.8 Å². The van der Waals surface area contributed by atoms with Crippen LogP contribution >= 0.6 is 11.3 Å². The lowest BCUT2D eigenvalue weighted by Crippen LogP contribution is -2.48. The van der Waals surface area contributed by atoms with Crippen LogP contribution in [0.1, 0.15) is 49.1 Å². The molecule has 3 amide bonds. The topological polar surface area (TPSA) is 64.7 Å². The third-order valence-corrected chi connectivity index (χ3v) is 7.92. The second kappa shape index (κ2) is 11.2. The fourth-order valence-electron chi connectivity index (χ4n) is 4.87. The second-order valence-electron chi connectivity index (χ2n) is 9.58. The van der Waals surface area contributed by atoms with Gasteiger partial charge in [-0.05, 0) is 80.8 Å². The van der Waals surface area contributed by atoms with Crippen molar-refractivity contribution in [1.82, 2.24) is 15.1 Å². The molecule has 2 fully saturated rings. The SMILES string of the molecule is Cc1cccc(NC(=O)N2CCCC(C(=O)NCC(c3cccs3)N3CCC(C)CC3)C2)c1. The minimum Gasteiger partial charge on any atom is -0.354 e. The van der Waals surface area contributed by atoms with E-state index in [0.29, 0.717) is 19.6 Å². The zero-order valence-electron chi connectivity index (χ0n) is 19.8. The van der Waals surface area contributed by atoms with Gasteiger partial charge in [0.25, 0.3) is 0 Å². The largest absolute Gasteiger partial charge is 0.354 e. The first-order valence-corrected chi connectivity index (χ1v) is 13.1. The summed E-state index contributed by atoms with van der Waals surface area (Å²) in [7, 11) is 0. The first-order chi connectivity index (χ1) is 16.0. The van der Waals surface area contributed by atoms with Crippen LogP contribution in [0.25, 0.3) is 0 Å². The Labute approximate surface area is 201 Å². The molecule has 2 N–H and O–H groups in total. The highest BCUT2D eigenvalue weighted by Crippen LogP contribution is 2.29. The number of nitrogens with one attached hydrogen (secondary N) is 2. The molecule has 1 aromatic carbocycles. The van der Waals surface area contributed by atoms with Crippen LogP contribution in [-0.4, -0.2) is 54.5 Å². The molecule has 0 saturated carbocycles. The summed E-state index contributed by atoms with van der Waals surface area (Å²) in [4.78, 5) is 31.5. The van der Waals surface area contributed by atoms with Crippen molar-refractivity contribution in [2.45, 2.75) is 45.6 Å². The number of aryl methyl sites for hydroxylation is 1. The van der Waals surface area contributed by atoms with Gasteiger partial charge in [0.1, 0.15) is 0 Å². The number of carbonyl (C=O) groups excluding carboxylic acids is 2. The van der Waals surface area contributed by atoms with E-state index >= 15 is 0 Å². The molecule has 2 aliphatic heterocycles. The first kappa shape index (κ1) is 23.8. The van der Waals surface area contributed by atoms with Crippen molar-refractivity contribution in [1.29, 1.82) is 0 Å². The summed E-state index contributed by atoms with van der Waals surface area (Å²) in [5, 5.41) is 8.32. The lowest BCUT2D eigenvalue weighted by atomic mass is 9.96. The van der Waals surface area contributed by atoms with E-state index in [1.165, 1.54) is 17.7 Å². The molecular weight excluding hydrogens is 432 g/mol. The number of thiophene rings is 1. The van der Waals surface area contributed by atoms with E-state index in [1.807, 2.05) is 31.2 Å². The highest BCUT2D eigenvalue weighted by molar-refractivity contribution is 7.10. The molecule has 2 unspecified atom stereocenters. The van der Waals surface area contributed by atoms with Crippen LogP contribution in [0.2, 0.25) is 0 Å². The molecule has 4 rings (SSSR count). The Balaban J connectivity index is 1.32. The summed E-state index contributed by atoms with van der Waals surface area (Å²) in [6.07, 6.45) is 4.09. The fraction of sp³-hybridized carbons (Fsp3) is 0.538. The molecule has 2 aliphatic rings. The molecule has 33 heavy (non-hydrogen) atoms. The van der Waals surface area contributed by atoms with Crippen LogP contribution < -0.4 is 10.6 Å². The van der Waals surface area contributed by atoms with E-state index in [4.69, 9.17) is 0 Å². The number of benzene rings is 1. The van der Waals surface area contributed by atoms with Gasteiger partial charge in [-0.2, -0.15) is 0 Å². The average Bonchev–Trinajstić information content (AvgIpc) is 3.35. The van der Waals surface area contributed by atoms with E-state index < -0.39 is 0 Å². The Morgan fingerprint density at radius 2 is 1.94 bits per heavy atom. The quantitative estimate of drug-likeness (QED) is 0.634. The van der Waals surface area contributed by atoms with Crippen molar-refractivity contribution in [3.63, 3.8) is 0 Å². The minimum atomic E-state index is -0.160. The highest BCUT2D eigenvalue weighted by Gasteiger charge is 2.30. The molecule has 0 bridgehead atoms. The van der Waals surface area contributed by atoms with Gasteiger partial charge >= 0.3 is 6.03 Å². The maximum absolute atomic E-state index is 13.1. The van der Waals surface area contributed by atoms with E-state index in [2.05, 4.69) is 40.0 Å². The van der Waals surface area contributed by atoms with Crippen molar-refractivity contribution in [2.24, 2.45) is 11.8 Å². The lowest BCUT2D eigenvalue weighted by Gasteiger charge is -2.37. The lowest BCUT2D eigenvalue weighted by molar-refractivity contribution is -0.126. The highest BCUT2D eigenvalue weighted by atomic mass is 32.1. The van der Waals surface area contributed by atoms with Crippen molar-refractivity contribution in [2.75, 3.05) is 38.0 Å². The Morgan fingerprint density at radius 1 is 1.12 bits per heavy atom. The Bertz CT molecular complexity index is 924. The van der Waals surface area contributed by atoms with Gasteiger partial charge in [0, 0.05) is 30.2 Å². The van der Waals surface area contributed by atoms with Gasteiger partial charge in [0.05, 0.1) is 12.0 Å². The van der Waals surface area contributed by atoms with Gasteiger partial charge in [-0.3, -0.25) is 9.69 Å². The van der Waals surface area contributed by atoms with Crippen molar-refractivity contribution in [3.8, 4) is 0 Å². The Hall–Kier alpha value is -2.38. The number of carbonyl (C=O) groups is 2. The van der Waals surface area contributed by atoms with Gasteiger partial charge in [-0.25, -0.2) is 4.79 Å². The summed E-state index contributed by atoms with van der Waals surface area (Å²) in [6, 6.07) is 12.2. The van der Waals surface area contributed by atoms with Crippen LogP contribution in [0.5, 0.6) is 0 Å². The smallest absolute Gasteiger partial charge is 0.321 e. The van der Waals surface area contributed by atoms with Gasteiger partial charge in [0.15, 0.2) is 0 Å². The minimum absolute atomic E-state index is 0.0648. The average molecular weight is 469 g/mol. The summed E-state index contributed by atoms with van der Waals surface area (Å²) >= 11 is 1.76. The molecule has 3 heterocycles. The molecule has 0 radical (unpaired) electrons. The van der Waals surface area contributed by atoms with Gasteiger partial charge < -0.3 is 15.5 Å². The predicted octanol–water partition coefficient (Wildman–Crippen LogP) is 4.89. The zero-order valence-corrected chi connectivity index (χ0v) is 20.6. The number of amides is 3. The third kappa shape index (κ3) is 6.36. The van der Waals surface area contributed by atoms with Crippen LogP contribution in [-0.2, 0) is 4.79 Å². The third-order valence-electron chi connectivity index (χ3n) is 6.95. The standard InChI is InChI=1S/C26H36N4O2S/c1-19-10-13-29(14-11-19)23(24-9-5-15-33-24)17-27-25(31)21-7-4-12-30(18-21)26(32)28-22-8-3-6-20(2)16-22/h3,5-6,8-9,15-16,19,21,23H,4,7,10-14,17-18H2,1-2H3,(H,27,31)(H,28,32). The van der Waals surface area contributed by atoms with Crippen molar-refractivity contribution < 1.29 is 9.59 Å². The normalized spacial score (nSPS) is 20.9. The Kier molecular flexibility index (Phi) is 8.04. The number of urea groups is 1. The summed E-state index contributed by atoms with van der Waals surface area (Å²) < 4.78 is 0. The van der Waals surface area contributed by atoms with E-state index in [1.54, 1.807) is 16.2 Å². The number of likely N-dealkylation sites (tertiary alicyclic amines) is 2. The maximum Gasteiger partial charge on any atom is 0.321 e. The number of piperidine rings is 2. The van der Waals surface area contributed by atoms with Crippen LogP contribution in [0, 0.1) is 18.8 Å². The fourth-order valence-corrected chi connectivity index (χ4v) is 5.73. The van der Waals surface area contributed by atoms with Crippen molar-refractivity contribution >= 4 is 29.0 Å². The summed E-state index contributed by atoms with van der Waals surface area (Å²) in [5.41, 5.74) is 1.90. The van der Waals surface area contributed by atoms with E-state index in [9.17, 15) is 9.59 Å². The molecule has 178 valence electrons. The van der Waals surface area contributed by atoms with Crippen molar-refractivity contribution in [3.05, 3.63) is 52.2 Å². The van der Waals surface area contributed by atoms with Gasteiger partial charge in [-0.15, -0.1) is 11.3 Å².